The molecule has 2 heterocycles. The summed E-state index contributed by atoms with van der Waals surface area (Å²) in [6.45, 7) is 5.47. The number of fused-ring (bicyclic) bond motifs is 1. The topological polar surface area (TPSA) is 66.5 Å². The SMILES string of the molecule is CC(C)C1(CNc2nc(Cl)nc3[nH]ncc23)CC1. The molecular formula is C12H16ClN5. The summed E-state index contributed by atoms with van der Waals surface area (Å²) in [5, 5.41) is 11.3. The number of anilines is 1. The fourth-order valence-corrected chi connectivity index (χ4v) is 2.49. The maximum Gasteiger partial charge on any atom is 0.226 e. The number of H-pyrrole nitrogens is 1. The molecule has 5 nitrogen and oxygen atoms in total. The van der Waals surface area contributed by atoms with Crippen LogP contribution in [0.4, 0.5) is 5.82 Å². The van der Waals surface area contributed by atoms with Crippen LogP contribution in [0, 0.1) is 11.3 Å². The van der Waals surface area contributed by atoms with Gasteiger partial charge in [0.15, 0.2) is 5.65 Å². The molecule has 1 aliphatic carbocycles. The highest BCUT2D eigenvalue weighted by molar-refractivity contribution is 6.28. The van der Waals surface area contributed by atoms with Gasteiger partial charge in [-0.15, -0.1) is 0 Å². The van der Waals surface area contributed by atoms with E-state index in [1.165, 1.54) is 12.8 Å². The van der Waals surface area contributed by atoms with Crippen LogP contribution in [0.2, 0.25) is 5.28 Å². The van der Waals surface area contributed by atoms with Crippen molar-refractivity contribution in [3.8, 4) is 0 Å². The van der Waals surface area contributed by atoms with Crippen LogP contribution in [0.5, 0.6) is 0 Å². The second-order valence-corrected chi connectivity index (χ2v) is 5.68. The Bertz CT molecular complexity index is 573. The fourth-order valence-electron chi connectivity index (χ4n) is 2.32. The van der Waals surface area contributed by atoms with Crippen LogP contribution in [-0.2, 0) is 0 Å². The predicted molar refractivity (Wildman–Crippen MR) is 71.7 cm³/mol. The number of nitrogens with zero attached hydrogens (tertiary/aromatic N) is 3. The minimum atomic E-state index is 0.239. The summed E-state index contributed by atoms with van der Waals surface area (Å²) in [6, 6.07) is 0. The standard InChI is InChI=1S/C12H16ClN5/c1-7(2)12(3-4-12)6-14-9-8-5-15-18-10(8)17-11(13)16-9/h5,7H,3-4,6H2,1-2H3,(H2,14,15,16,17,18). The van der Waals surface area contributed by atoms with Gasteiger partial charge < -0.3 is 5.32 Å². The molecule has 3 rings (SSSR count). The zero-order chi connectivity index (χ0) is 12.8. The molecular weight excluding hydrogens is 250 g/mol. The molecule has 18 heavy (non-hydrogen) atoms. The number of hydrogen-bond acceptors (Lipinski definition) is 4. The lowest BCUT2D eigenvalue weighted by Gasteiger charge is -2.20. The number of aromatic amines is 1. The van der Waals surface area contributed by atoms with Gasteiger partial charge in [0.25, 0.3) is 0 Å². The first-order valence-corrected chi connectivity index (χ1v) is 6.59. The Morgan fingerprint density at radius 3 is 2.89 bits per heavy atom. The molecule has 0 bridgehead atoms. The van der Waals surface area contributed by atoms with E-state index in [4.69, 9.17) is 11.6 Å². The smallest absolute Gasteiger partial charge is 0.226 e. The summed E-state index contributed by atoms with van der Waals surface area (Å²) in [6.07, 6.45) is 4.29. The van der Waals surface area contributed by atoms with E-state index in [2.05, 4.69) is 39.3 Å². The van der Waals surface area contributed by atoms with E-state index in [0.717, 1.165) is 17.7 Å². The Morgan fingerprint density at radius 1 is 1.44 bits per heavy atom. The fraction of sp³-hybridized carbons (Fsp3) is 0.583. The molecule has 0 radical (unpaired) electrons. The van der Waals surface area contributed by atoms with Crippen LogP contribution in [0.15, 0.2) is 6.20 Å². The largest absolute Gasteiger partial charge is 0.369 e. The van der Waals surface area contributed by atoms with E-state index in [0.29, 0.717) is 17.0 Å². The van der Waals surface area contributed by atoms with Gasteiger partial charge in [0, 0.05) is 6.54 Å². The van der Waals surface area contributed by atoms with Crippen molar-refractivity contribution in [3.63, 3.8) is 0 Å². The molecule has 0 atom stereocenters. The van der Waals surface area contributed by atoms with Crippen molar-refractivity contribution in [1.82, 2.24) is 20.2 Å². The van der Waals surface area contributed by atoms with E-state index < -0.39 is 0 Å². The Balaban J connectivity index is 1.84. The number of halogens is 1. The van der Waals surface area contributed by atoms with Crippen LogP contribution in [0.25, 0.3) is 11.0 Å². The lowest BCUT2D eigenvalue weighted by Crippen LogP contribution is -2.21. The zero-order valence-corrected chi connectivity index (χ0v) is 11.3. The van der Waals surface area contributed by atoms with Gasteiger partial charge in [-0.3, -0.25) is 5.10 Å². The van der Waals surface area contributed by atoms with Gasteiger partial charge in [0.2, 0.25) is 5.28 Å². The Kier molecular flexibility index (Phi) is 2.66. The van der Waals surface area contributed by atoms with E-state index in [-0.39, 0.29) is 5.28 Å². The molecule has 0 aliphatic heterocycles. The van der Waals surface area contributed by atoms with Crippen molar-refractivity contribution in [1.29, 1.82) is 0 Å². The van der Waals surface area contributed by atoms with Crippen LogP contribution >= 0.6 is 11.6 Å². The molecule has 6 heteroatoms. The molecule has 2 aromatic heterocycles. The normalized spacial score (nSPS) is 17.3. The highest BCUT2D eigenvalue weighted by Crippen LogP contribution is 2.51. The summed E-state index contributed by atoms with van der Waals surface area (Å²) in [5.74, 6) is 1.45. The van der Waals surface area contributed by atoms with Crippen LogP contribution in [0.3, 0.4) is 0 Å². The second-order valence-electron chi connectivity index (χ2n) is 5.34. The molecule has 2 aromatic rings. The van der Waals surface area contributed by atoms with Gasteiger partial charge in [-0.2, -0.15) is 15.1 Å². The lowest BCUT2D eigenvalue weighted by atomic mass is 9.92. The van der Waals surface area contributed by atoms with Crippen molar-refractivity contribution in [2.45, 2.75) is 26.7 Å². The third-order valence-electron chi connectivity index (χ3n) is 4.01. The lowest BCUT2D eigenvalue weighted by molar-refractivity contribution is 0.380. The van der Waals surface area contributed by atoms with Crippen LogP contribution in [0.1, 0.15) is 26.7 Å². The van der Waals surface area contributed by atoms with Crippen LogP contribution in [-0.4, -0.2) is 26.7 Å². The van der Waals surface area contributed by atoms with Gasteiger partial charge in [0.1, 0.15) is 5.82 Å². The average Bonchev–Trinajstić information content (AvgIpc) is 2.98. The number of nitrogens with one attached hydrogen (secondary N) is 2. The van der Waals surface area contributed by atoms with Crippen molar-refractivity contribution >= 4 is 28.5 Å². The monoisotopic (exact) mass is 265 g/mol. The molecule has 0 aromatic carbocycles. The predicted octanol–water partition coefficient (Wildman–Crippen LogP) is 2.85. The van der Waals surface area contributed by atoms with Crippen LogP contribution < -0.4 is 5.32 Å². The quantitative estimate of drug-likeness (QED) is 0.835. The first-order chi connectivity index (χ1) is 8.61. The number of rotatable bonds is 4. The Labute approximate surface area is 110 Å². The molecule has 0 unspecified atom stereocenters. The third-order valence-corrected chi connectivity index (χ3v) is 4.18. The van der Waals surface area contributed by atoms with Gasteiger partial charge in [-0.1, -0.05) is 13.8 Å². The minimum absolute atomic E-state index is 0.239. The number of aromatic nitrogens is 4. The first-order valence-electron chi connectivity index (χ1n) is 6.21. The summed E-state index contributed by atoms with van der Waals surface area (Å²) in [7, 11) is 0. The van der Waals surface area contributed by atoms with Crippen molar-refractivity contribution < 1.29 is 0 Å². The summed E-state index contributed by atoms with van der Waals surface area (Å²) in [4.78, 5) is 8.33. The second kappa shape index (κ2) is 4.09. The third kappa shape index (κ3) is 1.92. The molecule has 0 saturated heterocycles. The molecule has 1 aliphatic rings. The summed E-state index contributed by atoms with van der Waals surface area (Å²) < 4.78 is 0. The highest BCUT2D eigenvalue weighted by Gasteiger charge is 2.45. The highest BCUT2D eigenvalue weighted by atomic mass is 35.5. The van der Waals surface area contributed by atoms with Crippen molar-refractivity contribution in [2.24, 2.45) is 11.3 Å². The number of hydrogen-bond donors (Lipinski definition) is 2. The maximum absolute atomic E-state index is 5.90. The van der Waals surface area contributed by atoms with Gasteiger partial charge in [0.05, 0.1) is 11.6 Å². The van der Waals surface area contributed by atoms with Crippen molar-refractivity contribution in [2.75, 3.05) is 11.9 Å². The summed E-state index contributed by atoms with van der Waals surface area (Å²) >= 11 is 5.90. The molecule has 96 valence electrons. The molecule has 0 spiro atoms. The molecule has 1 fully saturated rings. The summed E-state index contributed by atoms with van der Waals surface area (Å²) in [5.41, 5.74) is 1.10. The van der Waals surface area contributed by atoms with Gasteiger partial charge >= 0.3 is 0 Å². The maximum atomic E-state index is 5.90. The van der Waals surface area contributed by atoms with E-state index in [1.807, 2.05) is 0 Å². The minimum Gasteiger partial charge on any atom is -0.369 e. The van der Waals surface area contributed by atoms with Gasteiger partial charge in [-0.25, -0.2) is 0 Å². The molecule has 1 saturated carbocycles. The van der Waals surface area contributed by atoms with Gasteiger partial charge in [-0.05, 0) is 35.8 Å². The van der Waals surface area contributed by atoms with E-state index in [1.54, 1.807) is 6.20 Å². The molecule has 0 amide bonds. The average molecular weight is 266 g/mol. The zero-order valence-electron chi connectivity index (χ0n) is 10.5. The first kappa shape index (κ1) is 11.7. The Hall–Kier alpha value is -1.36. The van der Waals surface area contributed by atoms with Crippen molar-refractivity contribution in [3.05, 3.63) is 11.5 Å². The van der Waals surface area contributed by atoms with E-state index >= 15 is 0 Å². The Morgan fingerprint density at radius 2 is 2.22 bits per heavy atom. The molecule has 2 N–H and O–H groups in total. The van der Waals surface area contributed by atoms with E-state index in [9.17, 15) is 0 Å².